The Morgan fingerprint density at radius 2 is 2.04 bits per heavy atom. The zero-order chi connectivity index (χ0) is 19.8. The molecule has 28 heavy (non-hydrogen) atoms. The molecule has 0 N–H and O–H groups in total. The summed E-state index contributed by atoms with van der Waals surface area (Å²) in [5, 5.41) is 5.08. The number of carbonyl (C=O) groups excluding carboxylic acids is 1. The van der Waals surface area contributed by atoms with Gasteiger partial charge in [0, 0.05) is 35.3 Å². The van der Waals surface area contributed by atoms with Gasteiger partial charge in [0.1, 0.15) is 18.0 Å². The second kappa shape index (κ2) is 6.84. The molecule has 7 heteroatoms. The van der Waals surface area contributed by atoms with Gasteiger partial charge in [-0.2, -0.15) is 5.10 Å². The maximum Gasteiger partial charge on any atom is 0.267 e. The summed E-state index contributed by atoms with van der Waals surface area (Å²) in [5.41, 5.74) is 2.45. The van der Waals surface area contributed by atoms with E-state index >= 15 is 0 Å². The molecule has 0 aliphatic heterocycles. The highest BCUT2D eigenvalue weighted by atomic mass is 16.5. The van der Waals surface area contributed by atoms with E-state index in [4.69, 9.17) is 9.15 Å². The van der Waals surface area contributed by atoms with Crippen LogP contribution in [-0.2, 0) is 13.6 Å². The molecule has 0 amide bonds. The molecular formula is C21H19N3O4. The lowest BCUT2D eigenvalue weighted by atomic mass is 10.1. The second-order valence-corrected chi connectivity index (χ2v) is 6.52. The molecule has 0 saturated heterocycles. The van der Waals surface area contributed by atoms with Gasteiger partial charge in [-0.3, -0.25) is 9.59 Å². The van der Waals surface area contributed by atoms with Crippen LogP contribution in [0.5, 0.6) is 5.75 Å². The maximum atomic E-state index is 13.1. The summed E-state index contributed by atoms with van der Waals surface area (Å²) in [6.45, 7) is 1.72. The number of benzene rings is 1. The lowest BCUT2D eigenvalue weighted by Crippen LogP contribution is -2.26. The summed E-state index contributed by atoms with van der Waals surface area (Å²) in [6, 6.07) is 12.1. The average Bonchev–Trinajstić information content (AvgIpc) is 3.31. The van der Waals surface area contributed by atoms with E-state index < -0.39 is 0 Å². The zero-order valence-electron chi connectivity index (χ0n) is 15.8. The van der Waals surface area contributed by atoms with Crippen molar-refractivity contribution in [1.82, 2.24) is 14.3 Å². The molecule has 7 nitrogen and oxygen atoms in total. The summed E-state index contributed by atoms with van der Waals surface area (Å²) < 4.78 is 13.8. The molecule has 0 unspecified atom stereocenters. The third kappa shape index (κ3) is 2.90. The van der Waals surface area contributed by atoms with Crippen LogP contribution in [0.3, 0.4) is 0 Å². The fourth-order valence-corrected chi connectivity index (χ4v) is 3.36. The van der Waals surface area contributed by atoms with Crippen LogP contribution in [0.2, 0.25) is 0 Å². The van der Waals surface area contributed by atoms with Crippen molar-refractivity contribution >= 4 is 16.7 Å². The molecule has 4 rings (SSSR count). The first-order valence-corrected chi connectivity index (χ1v) is 8.78. The number of hydrogen-bond acceptors (Lipinski definition) is 5. The number of ketones is 1. The fourth-order valence-electron chi connectivity index (χ4n) is 3.36. The van der Waals surface area contributed by atoms with Crippen LogP contribution in [0.4, 0.5) is 0 Å². The van der Waals surface area contributed by atoms with Crippen molar-refractivity contribution in [3.05, 3.63) is 70.3 Å². The highest BCUT2D eigenvalue weighted by Gasteiger charge is 2.20. The van der Waals surface area contributed by atoms with Crippen LogP contribution in [0.15, 0.2) is 57.9 Å². The normalized spacial score (nSPS) is 11.1. The van der Waals surface area contributed by atoms with Gasteiger partial charge >= 0.3 is 0 Å². The van der Waals surface area contributed by atoms with E-state index in [9.17, 15) is 9.59 Å². The van der Waals surface area contributed by atoms with Crippen molar-refractivity contribution in [2.45, 2.75) is 13.5 Å². The predicted octanol–water partition coefficient (Wildman–Crippen LogP) is 3.19. The number of rotatable bonds is 5. The predicted molar refractivity (Wildman–Crippen MR) is 105 cm³/mol. The van der Waals surface area contributed by atoms with Crippen molar-refractivity contribution in [3.8, 4) is 17.2 Å². The van der Waals surface area contributed by atoms with Crippen LogP contribution in [-0.4, -0.2) is 27.2 Å². The fraction of sp³-hybridized carbons (Fsp3) is 0.190. The number of ether oxygens (including phenoxy) is 1. The minimum atomic E-state index is -0.348. The molecule has 0 saturated carbocycles. The molecule has 3 aromatic heterocycles. The first-order valence-electron chi connectivity index (χ1n) is 8.78. The van der Waals surface area contributed by atoms with Gasteiger partial charge in [0.15, 0.2) is 11.5 Å². The van der Waals surface area contributed by atoms with Gasteiger partial charge in [0.2, 0.25) is 0 Å². The first kappa shape index (κ1) is 17.8. The zero-order valence-corrected chi connectivity index (χ0v) is 15.8. The lowest BCUT2D eigenvalue weighted by molar-refractivity contribution is 0.0966. The Hall–Kier alpha value is -3.61. The summed E-state index contributed by atoms with van der Waals surface area (Å²) in [4.78, 5) is 25.4. The Labute approximate surface area is 160 Å². The summed E-state index contributed by atoms with van der Waals surface area (Å²) in [6.07, 6.45) is 1.53. The van der Waals surface area contributed by atoms with Gasteiger partial charge in [-0.05, 0) is 43.3 Å². The molecule has 1 aromatic carbocycles. The smallest absolute Gasteiger partial charge is 0.267 e. The number of aromatic nitrogens is 3. The molecular weight excluding hydrogens is 358 g/mol. The minimum Gasteiger partial charge on any atom is -0.497 e. The Bertz CT molecular complexity index is 1230. The summed E-state index contributed by atoms with van der Waals surface area (Å²) in [5.74, 6) is 1.01. The van der Waals surface area contributed by atoms with E-state index in [1.54, 1.807) is 25.3 Å². The molecule has 4 aromatic rings. The van der Waals surface area contributed by atoms with E-state index in [1.165, 1.54) is 17.0 Å². The van der Waals surface area contributed by atoms with E-state index in [-0.39, 0.29) is 17.9 Å². The molecule has 3 heterocycles. The molecule has 0 atom stereocenters. The van der Waals surface area contributed by atoms with Crippen molar-refractivity contribution < 1.29 is 13.9 Å². The number of nitrogens with zero attached hydrogens (tertiary/aromatic N) is 3. The number of carbonyl (C=O) groups is 1. The third-order valence-corrected chi connectivity index (χ3v) is 4.91. The van der Waals surface area contributed by atoms with Crippen LogP contribution >= 0.6 is 0 Å². The van der Waals surface area contributed by atoms with Gasteiger partial charge < -0.3 is 13.7 Å². The molecule has 0 fully saturated rings. The SMILES string of the molecule is COc1ccc2c(c1)c(C(=O)Cn1nc(-c3ccco3)ccc1=O)c(C)n2C. The number of hydrogen-bond donors (Lipinski definition) is 0. The molecule has 0 spiro atoms. The highest BCUT2D eigenvalue weighted by molar-refractivity contribution is 6.09. The summed E-state index contributed by atoms with van der Waals surface area (Å²) in [7, 11) is 3.49. The van der Waals surface area contributed by atoms with E-state index in [1.807, 2.05) is 36.7 Å². The number of methoxy groups -OCH3 is 1. The van der Waals surface area contributed by atoms with Crippen LogP contribution in [0, 0.1) is 6.92 Å². The standard InChI is InChI=1S/C21H19N3O4/c1-13-21(15-11-14(27-3)6-8-17(15)23(13)2)18(25)12-24-20(26)9-7-16(22-24)19-5-4-10-28-19/h4-11H,12H2,1-3H3. The van der Waals surface area contributed by atoms with E-state index in [0.29, 0.717) is 22.8 Å². The third-order valence-electron chi connectivity index (χ3n) is 4.91. The molecule has 0 aliphatic rings. The van der Waals surface area contributed by atoms with Gasteiger partial charge in [-0.1, -0.05) is 0 Å². The average molecular weight is 377 g/mol. The molecule has 0 radical (unpaired) electrons. The van der Waals surface area contributed by atoms with Gasteiger partial charge in [-0.15, -0.1) is 0 Å². The largest absolute Gasteiger partial charge is 0.497 e. The quantitative estimate of drug-likeness (QED) is 0.499. The second-order valence-electron chi connectivity index (χ2n) is 6.52. The lowest BCUT2D eigenvalue weighted by Gasteiger charge is -2.06. The Balaban J connectivity index is 1.76. The number of fused-ring (bicyclic) bond motifs is 1. The maximum absolute atomic E-state index is 13.1. The Kier molecular flexibility index (Phi) is 4.35. The van der Waals surface area contributed by atoms with Crippen molar-refractivity contribution in [1.29, 1.82) is 0 Å². The Morgan fingerprint density at radius 1 is 1.21 bits per heavy atom. The van der Waals surface area contributed by atoms with E-state index in [2.05, 4.69) is 5.10 Å². The summed E-state index contributed by atoms with van der Waals surface area (Å²) >= 11 is 0. The van der Waals surface area contributed by atoms with Crippen LogP contribution in [0.1, 0.15) is 16.1 Å². The van der Waals surface area contributed by atoms with Crippen molar-refractivity contribution in [2.24, 2.45) is 7.05 Å². The van der Waals surface area contributed by atoms with E-state index in [0.717, 1.165) is 16.6 Å². The molecule has 0 bridgehead atoms. The number of Topliss-reactive ketones (excluding diaryl/α,β-unsaturated/α-hetero) is 1. The highest BCUT2D eigenvalue weighted by Crippen LogP contribution is 2.29. The van der Waals surface area contributed by atoms with Gasteiger partial charge in [0.05, 0.1) is 13.4 Å². The van der Waals surface area contributed by atoms with Gasteiger partial charge in [0.25, 0.3) is 5.56 Å². The Morgan fingerprint density at radius 3 is 2.75 bits per heavy atom. The number of aryl methyl sites for hydroxylation is 1. The van der Waals surface area contributed by atoms with Crippen LogP contribution < -0.4 is 10.3 Å². The molecule has 142 valence electrons. The van der Waals surface area contributed by atoms with Crippen LogP contribution in [0.25, 0.3) is 22.4 Å². The topological polar surface area (TPSA) is 79.3 Å². The number of furan rings is 1. The van der Waals surface area contributed by atoms with Crippen molar-refractivity contribution in [2.75, 3.05) is 7.11 Å². The first-order chi connectivity index (χ1) is 13.5. The monoisotopic (exact) mass is 377 g/mol. The minimum absolute atomic E-state index is 0.162. The van der Waals surface area contributed by atoms with Crippen molar-refractivity contribution in [3.63, 3.8) is 0 Å². The van der Waals surface area contributed by atoms with Gasteiger partial charge in [-0.25, -0.2) is 4.68 Å². The molecule has 0 aliphatic carbocycles.